The van der Waals surface area contributed by atoms with Crippen LogP contribution in [0.2, 0.25) is 0 Å². The number of likely N-dealkylation sites (tertiary alicyclic amines) is 1. The van der Waals surface area contributed by atoms with Gasteiger partial charge in [0.1, 0.15) is 6.26 Å². The number of nitrogens with two attached hydrogens (primary N) is 1. The van der Waals surface area contributed by atoms with Gasteiger partial charge in [0.15, 0.2) is 0 Å². The first-order valence-electron chi connectivity index (χ1n) is 6.27. The van der Waals surface area contributed by atoms with E-state index in [2.05, 4.69) is 9.88 Å². The minimum absolute atomic E-state index is 0. The van der Waals surface area contributed by atoms with Crippen molar-refractivity contribution in [3.8, 4) is 10.8 Å². The minimum atomic E-state index is 0. The number of hydrogen-bond acceptors (Lipinski definition) is 5. The summed E-state index contributed by atoms with van der Waals surface area (Å²) in [5.74, 6) is 0.723. The first-order chi connectivity index (χ1) is 8.81. The van der Waals surface area contributed by atoms with Crippen molar-refractivity contribution in [1.29, 1.82) is 0 Å². The molecule has 0 bridgehead atoms. The number of piperidine rings is 1. The van der Waals surface area contributed by atoms with E-state index in [4.69, 9.17) is 10.2 Å². The Morgan fingerprint density at radius 3 is 3.00 bits per heavy atom. The molecule has 0 aliphatic carbocycles. The standard InChI is InChI=1S/C13H17N3OS.2ClH/c14-10-3-1-5-16(7-10)8-11-9-17-13(15-11)12-4-2-6-18-12;;/h2,4,6,9-10H,1,3,5,7-8,14H2;2*1H/t10-;;/m1../s1. The molecular weight excluding hydrogens is 317 g/mol. The molecule has 1 aliphatic heterocycles. The lowest BCUT2D eigenvalue weighted by molar-refractivity contribution is 0.199. The second-order valence-electron chi connectivity index (χ2n) is 4.76. The highest BCUT2D eigenvalue weighted by Crippen LogP contribution is 2.24. The number of nitrogens with zero attached hydrogens (tertiary/aromatic N) is 2. The maximum atomic E-state index is 5.98. The van der Waals surface area contributed by atoms with Crippen LogP contribution in [0.25, 0.3) is 10.8 Å². The van der Waals surface area contributed by atoms with E-state index in [1.165, 1.54) is 6.42 Å². The summed E-state index contributed by atoms with van der Waals surface area (Å²) in [6, 6.07) is 4.34. The van der Waals surface area contributed by atoms with Gasteiger partial charge in [-0.25, -0.2) is 4.98 Å². The number of halogens is 2. The molecule has 4 nitrogen and oxygen atoms in total. The summed E-state index contributed by atoms with van der Waals surface area (Å²) >= 11 is 1.65. The van der Waals surface area contributed by atoms with E-state index in [-0.39, 0.29) is 24.8 Å². The van der Waals surface area contributed by atoms with Crippen molar-refractivity contribution in [2.45, 2.75) is 25.4 Å². The SMILES string of the molecule is Cl.Cl.N[C@@H]1CCCN(Cc2coc(-c3cccs3)n2)C1. The van der Waals surface area contributed by atoms with Gasteiger partial charge >= 0.3 is 0 Å². The highest BCUT2D eigenvalue weighted by atomic mass is 35.5. The Balaban J connectivity index is 0.000001000. The Morgan fingerprint density at radius 2 is 2.30 bits per heavy atom. The van der Waals surface area contributed by atoms with Crippen molar-refractivity contribution in [2.24, 2.45) is 5.73 Å². The summed E-state index contributed by atoms with van der Waals surface area (Å²) < 4.78 is 5.52. The third-order valence-electron chi connectivity index (χ3n) is 3.21. The van der Waals surface area contributed by atoms with Crippen molar-refractivity contribution < 1.29 is 4.42 Å². The molecule has 3 heterocycles. The van der Waals surface area contributed by atoms with Crippen molar-refractivity contribution in [1.82, 2.24) is 9.88 Å². The predicted octanol–water partition coefficient (Wildman–Crippen LogP) is 3.17. The van der Waals surface area contributed by atoms with Crippen molar-refractivity contribution in [3.63, 3.8) is 0 Å². The molecule has 1 atom stereocenters. The second-order valence-corrected chi connectivity index (χ2v) is 5.71. The lowest BCUT2D eigenvalue weighted by Gasteiger charge is -2.29. The lowest BCUT2D eigenvalue weighted by Crippen LogP contribution is -2.42. The molecule has 2 aromatic heterocycles. The smallest absolute Gasteiger partial charge is 0.236 e. The molecule has 7 heteroatoms. The van der Waals surface area contributed by atoms with Crippen LogP contribution in [-0.2, 0) is 6.54 Å². The van der Waals surface area contributed by atoms with E-state index < -0.39 is 0 Å². The van der Waals surface area contributed by atoms with E-state index in [9.17, 15) is 0 Å². The Morgan fingerprint density at radius 1 is 1.45 bits per heavy atom. The van der Waals surface area contributed by atoms with E-state index in [0.29, 0.717) is 6.04 Å². The number of hydrogen-bond donors (Lipinski definition) is 1. The van der Waals surface area contributed by atoms with Gasteiger partial charge in [0.2, 0.25) is 5.89 Å². The maximum absolute atomic E-state index is 5.98. The zero-order valence-electron chi connectivity index (χ0n) is 11.0. The summed E-state index contributed by atoms with van der Waals surface area (Å²) in [6.45, 7) is 2.90. The van der Waals surface area contributed by atoms with Crippen LogP contribution in [0.5, 0.6) is 0 Å². The number of aromatic nitrogens is 1. The van der Waals surface area contributed by atoms with Gasteiger partial charge in [-0.2, -0.15) is 0 Å². The summed E-state index contributed by atoms with van der Waals surface area (Å²) in [4.78, 5) is 7.96. The Kier molecular flexibility index (Phi) is 6.99. The summed E-state index contributed by atoms with van der Waals surface area (Å²) in [6.07, 6.45) is 4.07. The normalized spacial score (nSPS) is 19.1. The first kappa shape index (κ1) is 17.5. The van der Waals surface area contributed by atoms with Gasteiger partial charge in [0.25, 0.3) is 0 Å². The van der Waals surface area contributed by atoms with Gasteiger partial charge in [-0.15, -0.1) is 36.2 Å². The van der Waals surface area contributed by atoms with Crippen LogP contribution in [0.1, 0.15) is 18.5 Å². The molecule has 0 spiro atoms. The fourth-order valence-corrected chi connectivity index (χ4v) is 3.01. The summed E-state index contributed by atoms with van der Waals surface area (Å²) in [5, 5.41) is 2.03. The van der Waals surface area contributed by atoms with Crippen molar-refractivity contribution in [3.05, 3.63) is 29.5 Å². The zero-order valence-corrected chi connectivity index (χ0v) is 13.5. The molecule has 0 aromatic carbocycles. The Hall–Kier alpha value is -0.590. The molecule has 3 rings (SSSR count). The van der Waals surface area contributed by atoms with Crippen molar-refractivity contribution in [2.75, 3.05) is 13.1 Å². The third kappa shape index (κ3) is 4.20. The molecule has 2 aromatic rings. The topological polar surface area (TPSA) is 55.3 Å². The monoisotopic (exact) mass is 335 g/mol. The fraction of sp³-hybridized carbons (Fsp3) is 0.462. The number of rotatable bonds is 3. The van der Waals surface area contributed by atoms with E-state index in [0.717, 1.165) is 42.5 Å². The highest BCUT2D eigenvalue weighted by molar-refractivity contribution is 7.13. The largest absolute Gasteiger partial charge is 0.444 e. The van der Waals surface area contributed by atoms with E-state index in [1.807, 2.05) is 17.5 Å². The van der Waals surface area contributed by atoms with Gasteiger partial charge in [0, 0.05) is 19.1 Å². The van der Waals surface area contributed by atoms with Gasteiger partial charge in [-0.3, -0.25) is 4.90 Å². The maximum Gasteiger partial charge on any atom is 0.236 e. The van der Waals surface area contributed by atoms with E-state index >= 15 is 0 Å². The molecule has 0 unspecified atom stereocenters. The van der Waals surface area contributed by atoms with Crippen LogP contribution in [0.4, 0.5) is 0 Å². The third-order valence-corrected chi connectivity index (χ3v) is 4.07. The molecule has 0 radical (unpaired) electrons. The second kappa shape index (κ2) is 8.00. The Labute approximate surface area is 135 Å². The molecular formula is C13H19Cl2N3OS. The predicted molar refractivity (Wildman–Crippen MR) is 86.8 cm³/mol. The molecule has 0 amide bonds. The molecule has 1 fully saturated rings. The van der Waals surface area contributed by atoms with Gasteiger partial charge < -0.3 is 10.2 Å². The zero-order chi connectivity index (χ0) is 12.4. The first-order valence-corrected chi connectivity index (χ1v) is 7.15. The average molecular weight is 336 g/mol. The minimum Gasteiger partial charge on any atom is -0.444 e. The van der Waals surface area contributed by atoms with Gasteiger partial charge in [-0.1, -0.05) is 6.07 Å². The van der Waals surface area contributed by atoms with Crippen LogP contribution >= 0.6 is 36.2 Å². The highest BCUT2D eigenvalue weighted by Gasteiger charge is 2.18. The number of thiophene rings is 1. The summed E-state index contributed by atoms with van der Waals surface area (Å²) in [7, 11) is 0. The molecule has 1 aliphatic rings. The van der Waals surface area contributed by atoms with Crippen LogP contribution in [0.3, 0.4) is 0 Å². The van der Waals surface area contributed by atoms with E-state index in [1.54, 1.807) is 17.6 Å². The lowest BCUT2D eigenvalue weighted by atomic mass is 10.1. The van der Waals surface area contributed by atoms with Crippen LogP contribution in [0, 0.1) is 0 Å². The van der Waals surface area contributed by atoms with Crippen LogP contribution < -0.4 is 5.73 Å². The van der Waals surface area contributed by atoms with Crippen LogP contribution in [-0.4, -0.2) is 29.0 Å². The van der Waals surface area contributed by atoms with Crippen LogP contribution in [0.15, 0.2) is 28.2 Å². The number of oxazole rings is 1. The summed E-state index contributed by atoms with van der Waals surface area (Å²) in [5.41, 5.74) is 6.97. The van der Waals surface area contributed by atoms with Gasteiger partial charge in [0.05, 0.1) is 10.6 Å². The molecule has 1 saturated heterocycles. The molecule has 112 valence electrons. The molecule has 0 saturated carbocycles. The fourth-order valence-electron chi connectivity index (χ4n) is 2.36. The van der Waals surface area contributed by atoms with Crippen molar-refractivity contribution >= 4 is 36.2 Å². The Bertz CT molecular complexity index is 503. The molecule has 2 N–H and O–H groups in total. The average Bonchev–Trinajstić information content (AvgIpc) is 2.98. The quantitative estimate of drug-likeness (QED) is 0.935. The molecule has 20 heavy (non-hydrogen) atoms. The van der Waals surface area contributed by atoms with Gasteiger partial charge in [-0.05, 0) is 30.8 Å².